The van der Waals surface area contributed by atoms with Crippen molar-refractivity contribution in [2.75, 3.05) is 0 Å². The third kappa shape index (κ3) is 1.99. The van der Waals surface area contributed by atoms with E-state index in [1.807, 2.05) is 12.3 Å². The molecule has 2 heterocycles. The molecule has 0 bridgehead atoms. The molecular formula is C12H12BrN3O. The van der Waals surface area contributed by atoms with E-state index in [-0.39, 0.29) is 6.04 Å². The lowest BCUT2D eigenvalue weighted by atomic mass is 9.94. The zero-order chi connectivity index (χ0) is 11.8. The molecule has 3 rings (SSSR count). The molecular weight excluding hydrogens is 282 g/mol. The lowest BCUT2D eigenvalue weighted by molar-refractivity contribution is -0.124. The second-order valence-electron chi connectivity index (χ2n) is 4.40. The molecule has 17 heavy (non-hydrogen) atoms. The van der Waals surface area contributed by atoms with Gasteiger partial charge >= 0.3 is 0 Å². The van der Waals surface area contributed by atoms with E-state index in [1.54, 1.807) is 10.9 Å². The van der Waals surface area contributed by atoms with Crippen molar-refractivity contribution in [2.45, 2.75) is 31.7 Å². The second kappa shape index (κ2) is 4.22. The van der Waals surface area contributed by atoms with Crippen molar-refractivity contribution < 1.29 is 4.79 Å². The molecule has 5 heteroatoms. The van der Waals surface area contributed by atoms with Crippen LogP contribution >= 0.6 is 15.9 Å². The molecule has 1 aliphatic rings. The molecule has 0 saturated heterocycles. The maximum absolute atomic E-state index is 11.9. The molecule has 0 spiro atoms. The van der Waals surface area contributed by atoms with Crippen LogP contribution < -0.4 is 0 Å². The van der Waals surface area contributed by atoms with E-state index < -0.39 is 0 Å². The van der Waals surface area contributed by atoms with Crippen LogP contribution in [0, 0.1) is 0 Å². The summed E-state index contributed by atoms with van der Waals surface area (Å²) in [7, 11) is 0. The molecule has 0 radical (unpaired) electrons. The number of nitrogens with zero attached hydrogens (tertiary/aromatic N) is 3. The first-order chi connectivity index (χ1) is 8.24. The zero-order valence-corrected chi connectivity index (χ0v) is 10.9. The van der Waals surface area contributed by atoms with Gasteiger partial charge in [-0.1, -0.05) is 6.42 Å². The number of pyridine rings is 1. The van der Waals surface area contributed by atoms with Crippen molar-refractivity contribution in [3.05, 3.63) is 23.1 Å². The van der Waals surface area contributed by atoms with Crippen molar-refractivity contribution in [1.29, 1.82) is 0 Å². The van der Waals surface area contributed by atoms with Gasteiger partial charge in [0.15, 0.2) is 5.78 Å². The van der Waals surface area contributed by atoms with Crippen molar-refractivity contribution in [3.63, 3.8) is 0 Å². The fraction of sp³-hybridized carbons (Fsp3) is 0.417. The van der Waals surface area contributed by atoms with Gasteiger partial charge in [-0.25, -0.2) is 4.98 Å². The predicted octanol–water partition coefficient (Wildman–Crippen LogP) is 2.88. The van der Waals surface area contributed by atoms with E-state index >= 15 is 0 Å². The van der Waals surface area contributed by atoms with Crippen molar-refractivity contribution >= 4 is 32.6 Å². The van der Waals surface area contributed by atoms with Gasteiger partial charge in [-0.15, -0.1) is 0 Å². The highest BCUT2D eigenvalue weighted by molar-refractivity contribution is 9.10. The standard InChI is InChI=1S/C12H12BrN3O/c13-12-5-8-7-16(15-9(8)6-14-12)10-3-1-2-4-11(10)17/h5-7,10H,1-4H2. The molecule has 0 N–H and O–H groups in total. The Hall–Kier alpha value is -1.23. The lowest BCUT2D eigenvalue weighted by Crippen LogP contribution is -2.23. The predicted molar refractivity (Wildman–Crippen MR) is 67.7 cm³/mol. The molecule has 88 valence electrons. The third-order valence-corrected chi connectivity index (χ3v) is 3.65. The van der Waals surface area contributed by atoms with Gasteiger partial charge in [-0.05, 0) is 34.8 Å². The maximum atomic E-state index is 11.9. The van der Waals surface area contributed by atoms with Gasteiger partial charge in [0.2, 0.25) is 0 Å². The number of fused-ring (bicyclic) bond motifs is 1. The van der Waals surface area contributed by atoms with Crippen LogP contribution in [0.25, 0.3) is 10.9 Å². The van der Waals surface area contributed by atoms with Gasteiger partial charge in [0.1, 0.15) is 16.2 Å². The summed E-state index contributed by atoms with van der Waals surface area (Å²) in [6.45, 7) is 0. The minimum atomic E-state index is -0.0741. The highest BCUT2D eigenvalue weighted by Crippen LogP contribution is 2.26. The molecule has 0 aliphatic heterocycles. The SMILES string of the molecule is O=C1CCCCC1n1cc2cc(Br)ncc2n1. The molecule has 2 aromatic heterocycles. The van der Waals surface area contributed by atoms with Gasteiger partial charge in [-0.3, -0.25) is 9.48 Å². The smallest absolute Gasteiger partial charge is 0.157 e. The number of carbonyl (C=O) groups is 1. The number of rotatable bonds is 1. The lowest BCUT2D eigenvalue weighted by Gasteiger charge is -2.20. The van der Waals surface area contributed by atoms with Gasteiger partial charge < -0.3 is 0 Å². The number of hydrogen-bond donors (Lipinski definition) is 0. The Balaban J connectivity index is 2.02. The van der Waals surface area contributed by atoms with Crippen LogP contribution in [0.4, 0.5) is 0 Å². The molecule has 0 amide bonds. The van der Waals surface area contributed by atoms with Crippen LogP contribution in [0.3, 0.4) is 0 Å². The summed E-state index contributed by atoms with van der Waals surface area (Å²) in [5.41, 5.74) is 0.839. The summed E-state index contributed by atoms with van der Waals surface area (Å²) < 4.78 is 2.60. The summed E-state index contributed by atoms with van der Waals surface area (Å²) >= 11 is 3.33. The number of carbonyl (C=O) groups excluding carboxylic acids is 1. The van der Waals surface area contributed by atoms with E-state index in [1.165, 1.54) is 0 Å². The summed E-state index contributed by atoms with van der Waals surface area (Å²) in [6, 6.07) is 1.85. The molecule has 0 aromatic carbocycles. The topological polar surface area (TPSA) is 47.8 Å². The molecule has 4 nitrogen and oxygen atoms in total. The first-order valence-corrected chi connectivity index (χ1v) is 6.56. The largest absolute Gasteiger partial charge is 0.297 e. The molecule has 1 aliphatic carbocycles. The molecule has 1 atom stereocenters. The Morgan fingerprint density at radius 2 is 2.29 bits per heavy atom. The fourth-order valence-electron chi connectivity index (χ4n) is 2.32. The molecule has 1 unspecified atom stereocenters. The van der Waals surface area contributed by atoms with Gasteiger partial charge in [0, 0.05) is 18.0 Å². The van der Waals surface area contributed by atoms with Crippen LogP contribution in [0.1, 0.15) is 31.7 Å². The highest BCUT2D eigenvalue weighted by atomic mass is 79.9. The Morgan fingerprint density at radius 3 is 3.12 bits per heavy atom. The van der Waals surface area contributed by atoms with Crippen LogP contribution in [0.5, 0.6) is 0 Å². The summed E-state index contributed by atoms with van der Waals surface area (Å²) in [5.74, 6) is 0.302. The van der Waals surface area contributed by atoms with Gasteiger partial charge in [0.05, 0.1) is 6.20 Å². The maximum Gasteiger partial charge on any atom is 0.157 e. The van der Waals surface area contributed by atoms with Crippen LogP contribution in [0.2, 0.25) is 0 Å². The minimum Gasteiger partial charge on any atom is -0.297 e. The molecule has 1 fully saturated rings. The second-order valence-corrected chi connectivity index (χ2v) is 5.22. The first kappa shape index (κ1) is 10.9. The van der Waals surface area contributed by atoms with E-state index in [9.17, 15) is 4.79 Å². The Labute approximate surface area is 107 Å². The van der Waals surface area contributed by atoms with Crippen molar-refractivity contribution in [1.82, 2.24) is 14.8 Å². The summed E-state index contributed by atoms with van der Waals surface area (Å²) in [4.78, 5) is 16.0. The Morgan fingerprint density at radius 1 is 1.41 bits per heavy atom. The van der Waals surface area contributed by atoms with Crippen molar-refractivity contribution in [2.24, 2.45) is 0 Å². The molecule has 1 saturated carbocycles. The normalized spacial score (nSPS) is 21.0. The van der Waals surface area contributed by atoms with Crippen LogP contribution in [0.15, 0.2) is 23.1 Å². The number of Topliss-reactive ketones (excluding diaryl/α,β-unsaturated/α-hetero) is 1. The van der Waals surface area contributed by atoms with Crippen LogP contribution in [-0.4, -0.2) is 20.5 Å². The summed E-state index contributed by atoms with van der Waals surface area (Å²) in [6.07, 6.45) is 7.38. The van der Waals surface area contributed by atoms with E-state index in [0.717, 1.165) is 34.8 Å². The Kier molecular flexibility index (Phi) is 2.70. The fourth-order valence-corrected chi connectivity index (χ4v) is 2.67. The Bertz CT molecular complexity index is 578. The van der Waals surface area contributed by atoms with Gasteiger partial charge in [-0.2, -0.15) is 5.10 Å². The van der Waals surface area contributed by atoms with Gasteiger partial charge in [0.25, 0.3) is 0 Å². The minimum absolute atomic E-state index is 0.0741. The zero-order valence-electron chi connectivity index (χ0n) is 9.27. The van der Waals surface area contributed by atoms with Crippen molar-refractivity contribution in [3.8, 4) is 0 Å². The number of halogens is 1. The van der Waals surface area contributed by atoms with Crippen LogP contribution in [-0.2, 0) is 4.79 Å². The average Bonchev–Trinajstić information content (AvgIpc) is 2.72. The first-order valence-electron chi connectivity index (χ1n) is 5.77. The van der Waals surface area contributed by atoms with E-state index in [0.29, 0.717) is 12.2 Å². The summed E-state index contributed by atoms with van der Waals surface area (Å²) in [5, 5.41) is 5.46. The monoisotopic (exact) mass is 293 g/mol. The molecule has 2 aromatic rings. The quantitative estimate of drug-likeness (QED) is 0.760. The van der Waals surface area contributed by atoms with E-state index in [4.69, 9.17) is 0 Å². The van der Waals surface area contributed by atoms with E-state index in [2.05, 4.69) is 26.0 Å². The average molecular weight is 294 g/mol. The highest BCUT2D eigenvalue weighted by Gasteiger charge is 2.24. The number of aromatic nitrogens is 3. The number of ketones is 1. The third-order valence-electron chi connectivity index (χ3n) is 3.22. The number of hydrogen-bond acceptors (Lipinski definition) is 3.